The zero-order chi connectivity index (χ0) is 13.5. The second-order valence-corrected chi connectivity index (χ2v) is 6.55. The molecule has 0 aromatic carbocycles. The SMILES string of the molecule is CCOC(=O)C(C)(CC(C)SC(C)CC)NC. The van der Waals surface area contributed by atoms with Crippen LogP contribution in [0.2, 0.25) is 0 Å². The van der Waals surface area contributed by atoms with Crippen LogP contribution in [0.25, 0.3) is 0 Å². The van der Waals surface area contributed by atoms with Crippen molar-refractivity contribution in [1.29, 1.82) is 0 Å². The number of ether oxygens (including phenoxy) is 1. The predicted octanol–water partition coefficient (Wildman–Crippen LogP) is 2.84. The molecule has 3 unspecified atom stereocenters. The highest BCUT2D eigenvalue weighted by atomic mass is 32.2. The molecular formula is C13H27NO2S. The van der Waals surface area contributed by atoms with Gasteiger partial charge in [0.15, 0.2) is 0 Å². The number of rotatable bonds is 8. The zero-order valence-corrected chi connectivity index (χ0v) is 12.8. The number of likely N-dealkylation sites (N-methyl/N-ethyl adjacent to an activating group) is 1. The summed E-state index contributed by atoms with van der Waals surface area (Å²) in [5.74, 6) is -0.154. The Kier molecular flexibility index (Phi) is 7.88. The summed E-state index contributed by atoms with van der Waals surface area (Å²) in [7, 11) is 1.82. The third-order valence-electron chi connectivity index (χ3n) is 3.01. The molecule has 0 radical (unpaired) electrons. The second-order valence-electron chi connectivity index (χ2n) is 4.67. The van der Waals surface area contributed by atoms with Crippen LogP contribution in [0.4, 0.5) is 0 Å². The van der Waals surface area contributed by atoms with Crippen molar-refractivity contribution in [2.45, 2.75) is 63.5 Å². The van der Waals surface area contributed by atoms with Crippen LogP contribution in [0.5, 0.6) is 0 Å². The lowest BCUT2D eigenvalue weighted by Crippen LogP contribution is -2.50. The summed E-state index contributed by atoms with van der Waals surface area (Å²) < 4.78 is 5.12. The fourth-order valence-corrected chi connectivity index (χ4v) is 3.11. The molecule has 0 aromatic rings. The quantitative estimate of drug-likeness (QED) is 0.682. The van der Waals surface area contributed by atoms with Gasteiger partial charge in [-0.2, -0.15) is 11.8 Å². The Bertz CT molecular complexity index is 235. The topological polar surface area (TPSA) is 38.3 Å². The lowest BCUT2D eigenvalue weighted by atomic mass is 9.96. The van der Waals surface area contributed by atoms with Crippen molar-refractivity contribution < 1.29 is 9.53 Å². The Morgan fingerprint density at radius 1 is 1.35 bits per heavy atom. The number of esters is 1. The van der Waals surface area contributed by atoms with E-state index in [9.17, 15) is 4.79 Å². The van der Waals surface area contributed by atoms with Crippen LogP contribution in [0.1, 0.15) is 47.5 Å². The summed E-state index contributed by atoms with van der Waals surface area (Å²) in [5, 5.41) is 4.17. The maximum Gasteiger partial charge on any atom is 0.326 e. The maximum atomic E-state index is 11.9. The Balaban J connectivity index is 4.41. The summed E-state index contributed by atoms with van der Waals surface area (Å²) in [6, 6.07) is 0. The van der Waals surface area contributed by atoms with Gasteiger partial charge in [-0.05, 0) is 33.7 Å². The second kappa shape index (κ2) is 7.98. The number of nitrogens with one attached hydrogen (secondary N) is 1. The molecule has 0 aliphatic carbocycles. The summed E-state index contributed by atoms with van der Waals surface area (Å²) in [5.41, 5.74) is -0.574. The Hall–Kier alpha value is -0.220. The van der Waals surface area contributed by atoms with E-state index in [-0.39, 0.29) is 5.97 Å². The molecule has 0 amide bonds. The molecule has 0 heterocycles. The van der Waals surface area contributed by atoms with Gasteiger partial charge in [0.2, 0.25) is 0 Å². The van der Waals surface area contributed by atoms with Gasteiger partial charge in [0.1, 0.15) is 5.54 Å². The lowest BCUT2D eigenvalue weighted by Gasteiger charge is -2.30. The molecule has 0 saturated heterocycles. The first-order chi connectivity index (χ1) is 7.89. The van der Waals surface area contributed by atoms with E-state index in [1.807, 2.05) is 32.7 Å². The standard InChI is InChI=1S/C13H27NO2S/c1-7-10(3)17-11(4)9-13(5,14-6)12(15)16-8-2/h10-11,14H,7-9H2,1-6H3. The molecule has 102 valence electrons. The van der Waals surface area contributed by atoms with Crippen LogP contribution in [-0.2, 0) is 9.53 Å². The van der Waals surface area contributed by atoms with E-state index in [2.05, 4.69) is 26.1 Å². The van der Waals surface area contributed by atoms with E-state index in [0.717, 1.165) is 12.8 Å². The number of hydrogen-bond acceptors (Lipinski definition) is 4. The van der Waals surface area contributed by atoms with Crippen LogP contribution in [-0.4, -0.2) is 35.7 Å². The van der Waals surface area contributed by atoms with Crippen molar-refractivity contribution in [3.05, 3.63) is 0 Å². The Morgan fingerprint density at radius 3 is 2.35 bits per heavy atom. The van der Waals surface area contributed by atoms with Crippen molar-refractivity contribution in [2.24, 2.45) is 0 Å². The predicted molar refractivity (Wildman–Crippen MR) is 75.5 cm³/mol. The van der Waals surface area contributed by atoms with Gasteiger partial charge in [-0.1, -0.05) is 20.8 Å². The minimum absolute atomic E-state index is 0.154. The van der Waals surface area contributed by atoms with Gasteiger partial charge in [0.05, 0.1) is 6.61 Å². The molecule has 4 heteroatoms. The molecule has 3 atom stereocenters. The van der Waals surface area contributed by atoms with Crippen LogP contribution in [0, 0.1) is 0 Å². The average Bonchev–Trinajstić information content (AvgIpc) is 2.28. The molecule has 3 nitrogen and oxygen atoms in total. The molecule has 0 fully saturated rings. The molecule has 0 aliphatic heterocycles. The minimum atomic E-state index is -0.574. The summed E-state index contributed by atoms with van der Waals surface area (Å²) >= 11 is 1.93. The van der Waals surface area contributed by atoms with Crippen molar-refractivity contribution >= 4 is 17.7 Å². The average molecular weight is 261 g/mol. The van der Waals surface area contributed by atoms with Crippen LogP contribution >= 0.6 is 11.8 Å². The summed E-state index contributed by atoms with van der Waals surface area (Å²) in [6.45, 7) is 10.8. The molecule has 0 aliphatic rings. The molecule has 17 heavy (non-hydrogen) atoms. The fraction of sp³-hybridized carbons (Fsp3) is 0.923. The van der Waals surface area contributed by atoms with Gasteiger partial charge in [-0.25, -0.2) is 0 Å². The minimum Gasteiger partial charge on any atom is -0.465 e. The van der Waals surface area contributed by atoms with Gasteiger partial charge in [0.25, 0.3) is 0 Å². The molecule has 0 rings (SSSR count). The zero-order valence-electron chi connectivity index (χ0n) is 12.0. The Morgan fingerprint density at radius 2 is 1.94 bits per heavy atom. The Labute approximate surface area is 110 Å². The van der Waals surface area contributed by atoms with Gasteiger partial charge in [-0.3, -0.25) is 4.79 Å². The highest BCUT2D eigenvalue weighted by Crippen LogP contribution is 2.27. The van der Waals surface area contributed by atoms with E-state index in [0.29, 0.717) is 17.1 Å². The number of thioether (sulfide) groups is 1. The van der Waals surface area contributed by atoms with E-state index in [4.69, 9.17) is 4.74 Å². The van der Waals surface area contributed by atoms with Crippen molar-refractivity contribution in [1.82, 2.24) is 5.32 Å². The van der Waals surface area contributed by atoms with Crippen molar-refractivity contribution in [2.75, 3.05) is 13.7 Å². The molecule has 0 saturated carbocycles. The molecular weight excluding hydrogens is 234 g/mol. The van der Waals surface area contributed by atoms with E-state index < -0.39 is 5.54 Å². The van der Waals surface area contributed by atoms with Gasteiger partial charge < -0.3 is 10.1 Å². The highest BCUT2D eigenvalue weighted by molar-refractivity contribution is 8.00. The third-order valence-corrected chi connectivity index (χ3v) is 4.44. The monoisotopic (exact) mass is 261 g/mol. The molecule has 1 N–H and O–H groups in total. The highest BCUT2D eigenvalue weighted by Gasteiger charge is 2.34. The maximum absolute atomic E-state index is 11.9. The lowest BCUT2D eigenvalue weighted by molar-refractivity contribution is -0.150. The number of hydrogen-bond donors (Lipinski definition) is 1. The smallest absolute Gasteiger partial charge is 0.326 e. The number of carbonyl (C=O) groups is 1. The molecule has 0 aromatic heterocycles. The van der Waals surface area contributed by atoms with Crippen LogP contribution in [0.15, 0.2) is 0 Å². The van der Waals surface area contributed by atoms with Crippen LogP contribution in [0.3, 0.4) is 0 Å². The van der Waals surface area contributed by atoms with Crippen LogP contribution < -0.4 is 5.32 Å². The largest absolute Gasteiger partial charge is 0.465 e. The molecule has 0 bridgehead atoms. The number of carbonyl (C=O) groups excluding carboxylic acids is 1. The van der Waals surface area contributed by atoms with Crippen molar-refractivity contribution in [3.63, 3.8) is 0 Å². The normalized spacial score (nSPS) is 18.2. The summed E-state index contributed by atoms with van der Waals surface area (Å²) in [4.78, 5) is 11.9. The first kappa shape index (κ1) is 16.8. The molecule has 0 spiro atoms. The first-order valence-electron chi connectivity index (χ1n) is 6.41. The van der Waals surface area contributed by atoms with E-state index >= 15 is 0 Å². The first-order valence-corrected chi connectivity index (χ1v) is 7.35. The van der Waals surface area contributed by atoms with Gasteiger partial charge in [0, 0.05) is 10.5 Å². The van der Waals surface area contributed by atoms with E-state index in [1.54, 1.807) is 0 Å². The van der Waals surface area contributed by atoms with Gasteiger partial charge >= 0.3 is 5.97 Å². The van der Waals surface area contributed by atoms with E-state index in [1.165, 1.54) is 0 Å². The summed E-state index contributed by atoms with van der Waals surface area (Å²) in [6.07, 6.45) is 1.95. The van der Waals surface area contributed by atoms with Crippen molar-refractivity contribution in [3.8, 4) is 0 Å². The van der Waals surface area contributed by atoms with Gasteiger partial charge in [-0.15, -0.1) is 0 Å². The third kappa shape index (κ3) is 5.77. The fourth-order valence-electron chi connectivity index (χ4n) is 1.69.